The van der Waals surface area contributed by atoms with Crippen molar-refractivity contribution < 1.29 is 14.2 Å². The maximum absolute atomic E-state index is 5.49. The van der Waals surface area contributed by atoms with Crippen molar-refractivity contribution in [1.29, 1.82) is 0 Å². The summed E-state index contributed by atoms with van der Waals surface area (Å²) in [7, 11) is 0. The molecule has 4 heteroatoms. The van der Waals surface area contributed by atoms with E-state index < -0.39 is 0 Å². The van der Waals surface area contributed by atoms with E-state index in [1.165, 1.54) is 0 Å². The van der Waals surface area contributed by atoms with E-state index in [2.05, 4.69) is 0 Å². The molecule has 0 amide bonds. The number of alkyl halides is 1. The molecule has 0 unspecified atom stereocenters. The monoisotopic (exact) mass is 244 g/mol. The Hall–Kier alpha value is -0.930. The lowest BCUT2D eigenvalue weighted by Gasteiger charge is -2.08. The summed E-state index contributed by atoms with van der Waals surface area (Å²) in [5.74, 6) is 2.13. The molecule has 0 radical (unpaired) electrons. The van der Waals surface area contributed by atoms with Crippen molar-refractivity contribution in [3.05, 3.63) is 24.3 Å². The average molecular weight is 245 g/mol. The second kappa shape index (κ2) is 8.25. The molecule has 0 atom stereocenters. The largest absolute Gasteiger partial charge is 0.494 e. The molecular formula is C12H17ClO3. The highest BCUT2D eigenvalue weighted by atomic mass is 35.5. The summed E-state index contributed by atoms with van der Waals surface area (Å²) in [6.45, 7) is 4.23. The van der Waals surface area contributed by atoms with E-state index in [1.54, 1.807) is 0 Å². The molecule has 1 rings (SSSR count). The molecule has 0 bridgehead atoms. The van der Waals surface area contributed by atoms with Gasteiger partial charge in [-0.05, 0) is 19.1 Å². The lowest BCUT2D eigenvalue weighted by molar-refractivity contribution is 0.111. The molecule has 16 heavy (non-hydrogen) atoms. The van der Waals surface area contributed by atoms with Crippen molar-refractivity contribution in [1.82, 2.24) is 0 Å². The molecule has 3 nitrogen and oxygen atoms in total. The molecule has 0 saturated carbocycles. The van der Waals surface area contributed by atoms with E-state index in [9.17, 15) is 0 Å². The van der Waals surface area contributed by atoms with Crippen LogP contribution in [0.4, 0.5) is 0 Å². The van der Waals surface area contributed by atoms with Crippen LogP contribution in [0.5, 0.6) is 11.5 Å². The zero-order valence-corrected chi connectivity index (χ0v) is 10.2. The highest BCUT2D eigenvalue weighted by Gasteiger charge is 1.97. The Balaban J connectivity index is 2.27. The fourth-order valence-corrected chi connectivity index (χ4v) is 1.30. The fourth-order valence-electron chi connectivity index (χ4n) is 1.20. The van der Waals surface area contributed by atoms with Crippen LogP contribution in [0, 0.1) is 0 Å². The van der Waals surface area contributed by atoms with Gasteiger partial charge in [-0.2, -0.15) is 0 Å². The Morgan fingerprint density at radius 1 is 1.06 bits per heavy atom. The summed E-state index contributed by atoms with van der Waals surface area (Å²) in [6.07, 6.45) is 0. The lowest BCUT2D eigenvalue weighted by atomic mass is 10.3. The van der Waals surface area contributed by atoms with Crippen molar-refractivity contribution in [3.8, 4) is 11.5 Å². The van der Waals surface area contributed by atoms with Gasteiger partial charge in [0.1, 0.15) is 18.1 Å². The summed E-state index contributed by atoms with van der Waals surface area (Å²) in [5, 5.41) is 0. The first-order valence-corrected chi connectivity index (χ1v) is 5.89. The van der Waals surface area contributed by atoms with Gasteiger partial charge in [0.05, 0.1) is 19.8 Å². The molecule has 1 aromatic carbocycles. The quantitative estimate of drug-likeness (QED) is 0.520. The molecule has 0 aromatic heterocycles. The topological polar surface area (TPSA) is 27.7 Å². The Bertz CT molecular complexity index is 291. The van der Waals surface area contributed by atoms with E-state index in [-0.39, 0.29) is 0 Å². The van der Waals surface area contributed by atoms with Crippen LogP contribution in [0.3, 0.4) is 0 Å². The van der Waals surface area contributed by atoms with Gasteiger partial charge in [-0.25, -0.2) is 0 Å². The Morgan fingerprint density at radius 3 is 2.50 bits per heavy atom. The number of benzene rings is 1. The maximum Gasteiger partial charge on any atom is 0.123 e. The molecule has 0 fully saturated rings. The lowest BCUT2D eigenvalue weighted by Crippen LogP contribution is -2.08. The number of hydrogen-bond donors (Lipinski definition) is 0. The van der Waals surface area contributed by atoms with Gasteiger partial charge in [0, 0.05) is 11.9 Å². The van der Waals surface area contributed by atoms with Crippen LogP contribution in [-0.4, -0.2) is 32.3 Å². The fraction of sp³-hybridized carbons (Fsp3) is 0.500. The third kappa shape index (κ3) is 5.24. The maximum atomic E-state index is 5.49. The molecule has 0 N–H and O–H groups in total. The molecule has 0 aliphatic heterocycles. The van der Waals surface area contributed by atoms with Crippen molar-refractivity contribution >= 4 is 11.6 Å². The van der Waals surface area contributed by atoms with E-state index in [0.717, 1.165) is 11.5 Å². The molecular weight excluding hydrogens is 228 g/mol. The smallest absolute Gasteiger partial charge is 0.123 e. The van der Waals surface area contributed by atoms with Gasteiger partial charge in [-0.3, -0.25) is 0 Å². The van der Waals surface area contributed by atoms with E-state index in [0.29, 0.717) is 32.3 Å². The molecule has 0 saturated heterocycles. The number of rotatable bonds is 8. The van der Waals surface area contributed by atoms with Gasteiger partial charge >= 0.3 is 0 Å². The first kappa shape index (κ1) is 13.1. The van der Waals surface area contributed by atoms with E-state index in [1.807, 2.05) is 31.2 Å². The van der Waals surface area contributed by atoms with Gasteiger partial charge in [-0.1, -0.05) is 6.07 Å². The number of hydrogen-bond acceptors (Lipinski definition) is 3. The van der Waals surface area contributed by atoms with Gasteiger partial charge in [0.15, 0.2) is 0 Å². The number of halogens is 1. The Morgan fingerprint density at radius 2 is 1.81 bits per heavy atom. The Labute approximate surface area is 101 Å². The van der Waals surface area contributed by atoms with Crippen molar-refractivity contribution in [2.75, 3.05) is 32.3 Å². The summed E-state index contributed by atoms with van der Waals surface area (Å²) in [6, 6.07) is 7.56. The molecule has 0 spiro atoms. The number of ether oxygens (including phenoxy) is 3. The minimum atomic E-state index is 0.514. The predicted octanol–water partition coefficient (Wildman–Crippen LogP) is 2.72. The van der Waals surface area contributed by atoms with Crippen LogP contribution >= 0.6 is 11.6 Å². The molecule has 1 aromatic rings. The first-order chi connectivity index (χ1) is 7.86. The van der Waals surface area contributed by atoms with Crippen LogP contribution in [0.15, 0.2) is 24.3 Å². The van der Waals surface area contributed by atoms with Gasteiger partial charge < -0.3 is 14.2 Å². The van der Waals surface area contributed by atoms with Crippen LogP contribution in [-0.2, 0) is 4.74 Å². The zero-order chi connectivity index (χ0) is 11.6. The average Bonchev–Trinajstić information content (AvgIpc) is 2.30. The minimum absolute atomic E-state index is 0.514. The van der Waals surface area contributed by atoms with Gasteiger partial charge in [0.25, 0.3) is 0 Å². The van der Waals surface area contributed by atoms with Gasteiger partial charge in [-0.15, -0.1) is 11.6 Å². The third-order valence-electron chi connectivity index (χ3n) is 1.83. The summed E-state index contributed by atoms with van der Waals surface area (Å²) >= 11 is 5.47. The highest BCUT2D eigenvalue weighted by molar-refractivity contribution is 6.17. The molecule has 90 valence electrons. The van der Waals surface area contributed by atoms with Crippen molar-refractivity contribution in [2.45, 2.75) is 6.92 Å². The normalized spacial score (nSPS) is 10.1. The molecule has 0 heterocycles. The molecule has 0 aliphatic rings. The van der Waals surface area contributed by atoms with E-state index in [4.69, 9.17) is 25.8 Å². The van der Waals surface area contributed by atoms with Crippen LogP contribution in [0.2, 0.25) is 0 Å². The zero-order valence-electron chi connectivity index (χ0n) is 9.45. The third-order valence-corrected chi connectivity index (χ3v) is 1.99. The molecule has 0 aliphatic carbocycles. The van der Waals surface area contributed by atoms with E-state index >= 15 is 0 Å². The second-order valence-electron chi connectivity index (χ2n) is 3.06. The minimum Gasteiger partial charge on any atom is -0.494 e. The predicted molar refractivity (Wildman–Crippen MR) is 64.6 cm³/mol. The van der Waals surface area contributed by atoms with Crippen LogP contribution in [0.1, 0.15) is 6.92 Å². The van der Waals surface area contributed by atoms with Crippen molar-refractivity contribution in [3.63, 3.8) is 0 Å². The highest BCUT2D eigenvalue weighted by Crippen LogP contribution is 2.19. The Kier molecular flexibility index (Phi) is 6.77. The SMILES string of the molecule is CCOc1cccc(OCCOCCCl)c1. The van der Waals surface area contributed by atoms with Gasteiger partial charge in [0.2, 0.25) is 0 Å². The first-order valence-electron chi connectivity index (χ1n) is 5.36. The summed E-state index contributed by atoms with van der Waals surface area (Å²) in [5.41, 5.74) is 0. The standard InChI is InChI=1S/C12H17ClO3/c1-2-15-11-4-3-5-12(10-11)16-9-8-14-7-6-13/h3-5,10H,2,6-9H2,1H3. The van der Waals surface area contributed by atoms with Crippen molar-refractivity contribution in [2.24, 2.45) is 0 Å². The summed E-state index contributed by atoms with van der Waals surface area (Å²) in [4.78, 5) is 0. The second-order valence-corrected chi connectivity index (χ2v) is 3.44. The summed E-state index contributed by atoms with van der Waals surface area (Å²) < 4.78 is 16.0. The van der Waals surface area contributed by atoms with Crippen LogP contribution in [0.25, 0.3) is 0 Å². The van der Waals surface area contributed by atoms with Crippen LogP contribution < -0.4 is 9.47 Å².